The number of nitrogens with zero attached hydrogens (tertiary/aromatic N) is 3. The number of imide groups is 1. The van der Waals surface area contributed by atoms with Crippen molar-refractivity contribution in [3.8, 4) is 17.1 Å². The average Bonchev–Trinajstić information content (AvgIpc) is 3.51. The van der Waals surface area contributed by atoms with E-state index in [0.29, 0.717) is 27.8 Å². The van der Waals surface area contributed by atoms with Crippen LogP contribution < -0.4 is 15.6 Å². The molecule has 2 aliphatic heterocycles. The van der Waals surface area contributed by atoms with E-state index in [1.165, 1.54) is 11.1 Å². The third kappa shape index (κ3) is 5.97. The number of pyridine rings is 1. The van der Waals surface area contributed by atoms with E-state index in [1.807, 2.05) is 26.1 Å². The third-order valence-electron chi connectivity index (χ3n) is 8.67. The van der Waals surface area contributed by atoms with Gasteiger partial charge < -0.3 is 30.0 Å². The molecule has 0 spiro atoms. The number of piperidine rings is 1. The van der Waals surface area contributed by atoms with Gasteiger partial charge in [-0.25, -0.2) is 4.98 Å². The summed E-state index contributed by atoms with van der Waals surface area (Å²) >= 11 is 0. The number of H-pyrrole nitrogens is 2. The van der Waals surface area contributed by atoms with Gasteiger partial charge in [0.2, 0.25) is 0 Å². The zero-order valence-electron chi connectivity index (χ0n) is 26.4. The second-order valence-electron chi connectivity index (χ2n) is 13.2. The number of amides is 2. The number of likely N-dealkylation sites (tertiary alicyclic amines) is 1. The number of hydrogen-bond donors (Lipinski definition) is 4. The largest absolute Gasteiger partial charge is 0.491 e. The Balaban J connectivity index is 1.19. The molecular formula is C34H40N6O5. The molecule has 1 saturated heterocycles. The fraction of sp³-hybridized carbons (Fsp3) is 0.412. The predicted octanol–water partition coefficient (Wildman–Crippen LogP) is 4.07. The first-order valence-corrected chi connectivity index (χ1v) is 15.4. The topological polar surface area (TPSA) is 144 Å². The van der Waals surface area contributed by atoms with Crippen molar-refractivity contribution in [2.24, 2.45) is 0 Å². The smallest absolute Gasteiger partial charge is 0.261 e. The van der Waals surface area contributed by atoms with Crippen LogP contribution in [0.2, 0.25) is 0 Å². The number of benzene rings is 2. The molecule has 11 heteroatoms. The summed E-state index contributed by atoms with van der Waals surface area (Å²) in [7, 11) is 2.04. The number of rotatable bonds is 8. The molecule has 45 heavy (non-hydrogen) atoms. The van der Waals surface area contributed by atoms with Crippen molar-refractivity contribution in [3.05, 3.63) is 75.2 Å². The van der Waals surface area contributed by atoms with Gasteiger partial charge in [0.15, 0.2) is 0 Å². The molecule has 2 aliphatic rings. The zero-order chi connectivity index (χ0) is 32.0. The van der Waals surface area contributed by atoms with Gasteiger partial charge in [-0.3, -0.25) is 19.3 Å². The van der Waals surface area contributed by atoms with Gasteiger partial charge in [-0.2, -0.15) is 0 Å². The van der Waals surface area contributed by atoms with Gasteiger partial charge in [0, 0.05) is 18.8 Å². The highest BCUT2D eigenvalue weighted by Gasteiger charge is 2.41. The van der Waals surface area contributed by atoms with E-state index >= 15 is 0 Å². The Labute approximate surface area is 261 Å². The molecule has 4 heterocycles. The number of aromatic amines is 2. The molecule has 4 aromatic rings. The van der Waals surface area contributed by atoms with Crippen molar-refractivity contribution in [1.29, 1.82) is 0 Å². The summed E-state index contributed by atoms with van der Waals surface area (Å²) in [5, 5.41) is 13.9. The Bertz CT molecular complexity index is 1780. The van der Waals surface area contributed by atoms with Crippen LogP contribution in [0.25, 0.3) is 22.4 Å². The number of carbonyl (C=O) groups is 2. The Morgan fingerprint density at radius 1 is 1.07 bits per heavy atom. The number of nitrogens with one attached hydrogen (secondary N) is 3. The maximum atomic E-state index is 13.4. The fourth-order valence-electron chi connectivity index (χ4n) is 6.16. The fourth-order valence-corrected chi connectivity index (χ4v) is 6.16. The molecule has 0 bridgehead atoms. The number of aromatic nitrogens is 3. The second kappa shape index (κ2) is 11.8. The quantitative estimate of drug-likeness (QED) is 0.218. The third-order valence-corrected chi connectivity index (χ3v) is 8.67. The van der Waals surface area contributed by atoms with E-state index in [2.05, 4.69) is 52.0 Å². The van der Waals surface area contributed by atoms with Crippen LogP contribution in [-0.4, -0.2) is 87.1 Å². The average molecular weight is 613 g/mol. The van der Waals surface area contributed by atoms with Crippen LogP contribution in [0.3, 0.4) is 0 Å². The van der Waals surface area contributed by atoms with Gasteiger partial charge in [0.05, 0.1) is 27.8 Å². The molecular weight excluding hydrogens is 572 g/mol. The predicted molar refractivity (Wildman–Crippen MR) is 173 cm³/mol. The Hall–Kier alpha value is -4.48. The summed E-state index contributed by atoms with van der Waals surface area (Å²) in [6, 6.07) is 10.9. The van der Waals surface area contributed by atoms with E-state index in [-0.39, 0.29) is 53.4 Å². The van der Waals surface area contributed by atoms with Gasteiger partial charge >= 0.3 is 0 Å². The summed E-state index contributed by atoms with van der Waals surface area (Å²) in [6.07, 6.45) is 2.15. The molecule has 11 nitrogen and oxygen atoms in total. The number of aryl methyl sites for hydroxylation is 1. The van der Waals surface area contributed by atoms with E-state index in [4.69, 9.17) is 4.74 Å². The van der Waals surface area contributed by atoms with E-state index in [1.54, 1.807) is 18.2 Å². The van der Waals surface area contributed by atoms with Gasteiger partial charge in [0.25, 0.3) is 17.4 Å². The maximum absolute atomic E-state index is 13.4. The highest BCUT2D eigenvalue weighted by molar-refractivity contribution is 6.23. The molecule has 2 aromatic carbocycles. The molecule has 0 radical (unpaired) electrons. The molecule has 0 aliphatic carbocycles. The molecule has 6 rings (SSSR count). The van der Waals surface area contributed by atoms with E-state index < -0.39 is 6.10 Å². The van der Waals surface area contributed by atoms with Crippen LogP contribution in [0.15, 0.2) is 47.4 Å². The zero-order valence-corrected chi connectivity index (χ0v) is 26.4. The minimum atomic E-state index is -0.866. The van der Waals surface area contributed by atoms with Crippen LogP contribution in [-0.2, 0) is 5.41 Å². The van der Waals surface area contributed by atoms with Crippen molar-refractivity contribution < 1.29 is 19.4 Å². The number of fused-ring (bicyclic) bond motifs is 2. The van der Waals surface area contributed by atoms with E-state index in [0.717, 1.165) is 42.8 Å². The summed E-state index contributed by atoms with van der Waals surface area (Å²) in [6.45, 7) is 10.2. The summed E-state index contributed by atoms with van der Waals surface area (Å²) in [5.74, 6) is 0.418. The molecule has 2 aromatic heterocycles. The molecule has 1 fully saturated rings. The van der Waals surface area contributed by atoms with Gasteiger partial charge in [0.1, 0.15) is 29.8 Å². The number of hydrogen-bond acceptors (Lipinski definition) is 8. The first-order chi connectivity index (χ1) is 21.4. The number of imidazole rings is 1. The standard InChI is InChI=1S/C34H40N6O5/c1-19-6-7-28(24(14-19)34(2,3)4)45-18-21(41)17-36-25-8-11-35-31(42)29(25)30-37-26-15-22-23(16-27(26)38-30)33(44)40(32(22)43)20-9-12-39(5)13-10-20/h6-8,11,14-16,20-21,41H,9-10,12-13,17-18H2,1-5H3,(H,37,38)(H2,35,36,42). The highest BCUT2D eigenvalue weighted by Crippen LogP contribution is 2.34. The Morgan fingerprint density at radius 3 is 2.49 bits per heavy atom. The van der Waals surface area contributed by atoms with E-state index in [9.17, 15) is 19.5 Å². The minimum Gasteiger partial charge on any atom is -0.491 e. The van der Waals surface area contributed by atoms with Crippen molar-refractivity contribution in [1.82, 2.24) is 24.8 Å². The maximum Gasteiger partial charge on any atom is 0.261 e. The SMILES string of the molecule is Cc1ccc(OCC(O)CNc2cc[nH]c(=O)c2-c2nc3cc4c(cc3[nH]2)C(=O)N(C2CCN(C)CC2)C4=O)c(C(C)(C)C)c1. The van der Waals surface area contributed by atoms with Gasteiger partial charge in [-0.15, -0.1) is 0 Å². The summed E-state index contributed by atoms with van der Waals surface area (Å²) in [4.78, 5) is 53.8. The normalized spacial score (nSPS) is 16.8. The lowest BCUT2D eigenvalue weighted by Crippen LogP contribution is -2.46. The monoisotopic (exact) mass is 612 g/mol. The lowest BCUT2D eigenvalue weighted by atomic mass is 9.85. The first kappa shape index (κ1) is 30.5. The van der Waals surface area contributed by atoms with Crippen molar-refractivity contribution >= 4 is 28.5 Å². The number of carbonyl (C=O) groups excluding carboxylic acids is 2. The first-order valence-electron chi connectivity index (χ1n) is 15.4. The number of aliphatic hydroxyl groups is 1. The van der Waals surface area contributed by atoms with Gasteiger partial charge in [-0.05, 0) is 75.1 Å². The van der Waals surface area contributed by atoms with Crippen LogP contribution in [0.5, 0.6) is 5.75 Å². The molecule has 0 saturated carbocycles. The van der Waals surface area contributed by atoms with Gasteiger partial charge in [-0.1, -0.05) is 38.5 Å². The second-order valence-corrected chi connectivity index (χ2v) is 13.2. The number of anilines is 1. The summed E-state index contributed by atoms with van der Waals surface area (Å²) in [5.41, 5.74) is 4.11. The lowest BCUT2D eigenvalue weighted by Gasteiger charge is -2.33. The molecule has 1 atom stereocenters. The Morgan fingerprint density at radius 2 is 1.78 bits per heavy atom. The molecule has 1 unspecified atom stereocenters. The molecule has 2 amide bonds. The van der Waals surface area contributed by atoms with Crippen molar-refractivity contribution in [2.45, 2.75) is 58.1 Å². The highest BCUT2D eigenvalue weighted by atomic mass is 16.5. The number of ether oxygens (including phenoxy) is 1. The van der Waals surface area contributed by atoms with Crippen molar-refractivity contribution in [2.75, 3.05) is 38.6 Å². The van der Waals surface area contributed by atoms with Crippen LogP contribution in [0.4, 0.5) is 5.69 Å². The number of aliphatic hydroxyl groups excluding tert-OH is 1. The van der Waals surface area contributed by atoms with Crippen LogP contribution in [0.1, 0.15) is 65.5 Å². The Kier molecular flexibility index (Phi) is 8.00. The lowest BCUT2D eigenvalue weighted by molar-refractivity contribution is 0.0516. The van der Waals surface area contributed by atoms with Crippen molar-refractivity contribution in [3.63, 3.8) is 0 Å². The van der Waals surface area contributed by atoms with Crippen LogP contribution in [0, 0.1) is 6.92 Å². The minimum absolute atomic E-state index is 0.0600. The molecule has 236 valence electrons. The summed E-state index contributed by atoms with van der Waals surface area (Å²) < 4.78 is 6.02. The molecule has 4 N–H and O–H groups in total. The van der Waals surface area contributed by atoms with Crippen LogP contribution >= 0.6 is 0 Å².